The molecule has 1 aliphatic rings. The minimum atomic E-state index is -0.812. The van der Waals surface area contributed by atoms with E-state index >= 15 is 0 Å². The van der Waals surface area contributed by atoms with Gasteiger partial charge in [0.1, 0.15) is 5.75 Å². The fourth-order valence-corrected chi connectivity index (χ4v) is 1.85. The van der Waals surface area contributed by atoms with Crippen molar-refractivity contribution in [3.63, 3.8) is 0 Å². The number of nitrogens with two attached hydrogens (primary N) is 1. The lowest BCUT2D eigenvalue weighted by Crippen LogP contribution is -2.35. The number of carbonyl (C=O) groups is 2. The van der Waals surface area contributed by atoms with Gasteiger partial charge in [0.25, 0.3) is 5.91 Å². The summed E-state index contributed by atoms with van der Waals surface area (Å²) >= 11 is 6.03. The van der Waals surface area contributed by atoms with E-state index in [1.165, 1.54) is 12.1 Å². The van der Waals surface area contributed by atoms with Gasteiger partial charge in [0.2, 0.25) is 5.91 Å². The zero-order valence-corrected chi connectivity index (χ0v) is 11.2. The van der Waals surface area contributed by atoms with Gasteiger partial charge in [-0.3, -0.25) is 9.59 Å². The van der Waals surface area contributed by atoms with Crippen LogP contribution in [0.25, 0.3) is 0 Å². The molecule has 7 heteroatoms. The summed E-state index contributed by atoms with van der Waals surface area (Å²) in [4.78, 5) is 23.0. The molecule has 4 N–H and O–H groups in total. The Labute approximate surface area is 120 Å². The Balaban J connectivity index is 2.19. The molecule has 1 atom stereocenters. The molecule has 0 bridgehead atoms. The highest BCUT2D eigenvalue weighted by atomic mass is 35.5. The fraction of sp³-hybridized carbons (Fsp3) is 0.231. The largest absolute Gasteiger partial charge is 0.482 e. The van der Waals surface area contributed by atoms with Crippen molar-refractivity contribution in [1.82, 2.24) is 0 Å². The topological polar surface area (TPSA) is 93.5 Å². The molecule has 0 radical (unpaired) electrons. The van der Waals surface area contributed by atoms with E-state index in [1.54, 1.807) is 0 Å². The van der Waals surface area contributed by atoms with Gasteiger partial charge < -0.3 is 21.1 Å². The van der Waals surface area contributed by atoms with Crippen LogP contribution in [0.3, 0.4) is 0 Å². The molecule has 0 spiro atoms. The van der Waals surface area contributed by atoms with Gasteiger partial charge in [-0.15, -0.1) is 12.3 Å². The number of fused-ring (bicyclic) bond motifs is 1. The molecule has 2 amide bonds. The van der Waals surface area contributed by atoms with Crippen LogP contribution < -0.4 is 21.1 Å². The molecule has 1 unspecified atom stereocenters. The van der Waals surface area contributed by atoms with E-state index in [4.69, 9.17) is 28.5 Å². The van der Waals surface area contributed by atoms with Crippen LogP contribution in [0.4, 0.5) is 11.4 Å². The summed E-state index contributed by atoms with van der Waals surface area (Å²) in [6.45, 7) is -0.0847. The molecule has 1 aromatic carbocycles. The molecule has 0 saturated heterocycles. The Morgan fingerprint density at radius 2 is 2.40 bits per heavy atom. The second-order valence-corrected chi connectivity index (χ2v) is 4.58. The number of halogens is 1. The van der Waals surface area contributed by atoms with Gasteiger partial charge in [-0.1, -0.05) is 11.6 Å². The second kappa shape index (κ2) is 5.82. The summed E-state index contributed by atoms with van der Waals surface area (Å²) in [6.07, 6.45) is 5.22. The number of amides is 2. The number of carbonyl (C=O) groups excluding carboxylic acids is 2. The molecular formula is C13H12ClN3O3. The van der Waals surface area contributed by atoms with Crippen molar-refractivity contribution in [3.8, 4) is 18.1 Å². The Morgan fingerprint density at radius 1 is 1.65 bits per heavy atom. The molecule has 20 heavy (non-hydrogen) atoms. The van der Waals surface area contributed by atoms with Gasteiger partial charge in [-0.05, 0) is 6.07 Å². The fourth-order valence-electron chi connectivity index (χ4n) is 1.64. The lowest BCUT2D eigenvalue weighted by molar-refractivity contribution is -0.119. The number of nitrogens with one attached hydrogen (secondary N) is 2. The third-order valence-electron chi connectivity index (χ3n) is 2.63. The molecular weight excluding hydrogens is 282 g/mol. The maximum absolute atomic E-state index is 11.8. The molecule has 0 aromatic heterocycles. The first-order valence-electron chi connectivity index (χ1n) is 5.77. The zero-order chi connectivity index (χ0) is 14.7. The summed E-state index contributed by atoms with van der Waals surface area (Å²) < 4.78 is 5.24. The van der Waals surface area contributed by atoms with Gasteiger partial charge >= 0.3 is 0 Å². The van der Waals surface area contributed by atoms with E-state index in [9.17, 15) is 9.59 Å². The molecule has 0 saturated carbocycles. The summed E-state index contributed by atoms with van der Waals surface area (Å²) in [5.41, 5.74) is 6.40. The minimum absolute atomic E-state index is 0.0847. The van der Waals surface area contributed by atoms with E-state index in [0.29, 0.717) is 17.1 Å². The molecule has 0 aliphatic carbocycles. The van der Waals surface area contributed by atoms with E-state index in [1.807, 2.05) is 0 Å². The van der Waals surface area contributed by atoms with Crippen molar-refractivity contribution >= 4 is 34.8 Å². The minimum Gasteiger partial charge on any atom is -0.482 e. The maximum Gasteiger partial charge on any atom is 0.262 e. The van der Waals surface area contributed by atoms with Crippen molar-refractivity contribution in [2.45, 2.75) is 12.5 Å². The molecule has 1 heterocycles. The third kappa shape index (κ3) is 3.02. The quantitative estimate of drug-likeness (QED) is 0.724. The number of anilines is 2. The standard InChI is InChI=1S/C13H12ClN3O3/c1-2-3-8(15)13(19)17-9-5-11-10(4-7(9)14)16-12(18)6-20-11/h1,4-5,8H,3,6,15H2,(H,16,18)(H,17,19). The molecule has 0 fully saturated rings. The van der Waals surface area contributed by atoms with Gasteiger partial charge in [-0.25, -0.2) is 0 Å². The second-order valence-electron chi connectivity index (χ2n) is 4.17. The third-order valence-corrected chi connectivity index (χ3v) is 2.95. The Morgan fingerprint density at radius 3 is 3.10 bits per heavy atom. The highest BCUT2D eigenvalue weighted by Gasteiger charge is 2.20. The molecule has 104 valence electrons. The van der Waals surface area contributed by atoms with Crippen molar-refractivity contribution in [3.05, 3.63) is 17.2 Å². The molecule has 1 aliphatic heterocycles. The van der Waals surface area contributed by atoms with E-state index < -0.39 is 11.9 Å². The highest BCUT2D eigenvalue weighted by molar-refractivity contribution is 6.34. The number of ether oxygens (including phenoxy) is 1. The average molecular weight is 294 g/mol. The van der Waals surface area contributed by atoms with E-state index in [0.717, 1.165) is 0 Å². The summed E-state index contributed by atoms with van der Waals surface area (Å²) in [5, 5.41) is 5.44. The van der Waals surface area contributed by atoms with Crippen LogP contribution in [0.2, 0.25) is 5.02 Å². The molecule has 2 rings (SSSR count). The summed E-state index contributed by atoms with van der Waals surface area (Å²) in [7, 11) is 0. The van der Waals surface area contributed by atoms with Crippen molar-refractivity contribution < 1.29 is 14.3 Å². The van der Waals surface area contributed by atoms with E-state index in [-0.39, 0.29) is 24.0 Å². The van der Waals surface area contributed by atoms with Crippen LogP contribution in [-0.2, 0) is 9.59 Å². The predicted octanol–water partition coefficient (Wildman–Crippen LogP) is 0.960. The van der Waals surface area contributed by atoms with Crippen LogP contribution in [0.5, 0.6) is 5.75 Å². The first kappa shape index (κ1) is 14.2. The average Bonchev–Trinajstić information content (AvgIpc) is 2.40. The molecule has 1 aromatic rings. The summed E-state index contributed by atoms with van der Waals surface area (Å²) in [5.74, 6) is 2.04. The molecule has 6 nitrogen and oxygen atoms in total. The van der Waals surface area contributed by atoms with Gasteiger partial charge in [0.05, 0.1) is 22.4 Å². The number of hydrogen-bond acceptors (Lipinski definition) is 4. The van der Waals surface area contributed by atoms with Gasteiger partial charge in [0.15, 0.2) is 6.61 Å². The lowest BCUT2D eigenvalue weighted by Gasteiger charge is -2.20. The summed E-state index contributed by atoms with van der Waals surface area (Å²) in [6, 6.07) is 2.21. The van der Waals surface area contributed by atoms with Crippen molar-refractivity contribution in [2.75, 3.05) is 17.2 Å². The van der Waals surface area contributed by atoms with Gasteiger partial charge in [-0.2, -0.15) is 0 Å². The van der Waals surface area contributed by atoms with Crippen LogP contribution in [0, 0.1) is 12.3 Å². The van der Waals surface area contributed by atoms with Crippen LogP contribution >= 0.6 is 11.6 Å². The maximum atomic E-state index is 11.8. The Hall–Kier alpha value is -2.23. The number of terminal acetylenes is 1. The highest BCUT2D eigenvalue weighted by Crippen LogP contribution is 2.36. The first-order chi connectivity index (χ1) is 9.51. The predicted molar refractivity (Wildman–Crippen MR) is 75.6 cm³/mol. The SMILES string of the molecule is C#CCC(N)C(=O)Nc1cc2c(cc1Cl)NC(=O)CO2. The lowest BCUT2D eigenvalue weighted by atomic mass is 10.2. The van der Waals surface area contributed by atoms with Crippen molar-refractivity contribution in [1.29, 1.82) is 0 Å². The van der Waals surface area contributed by atoms with Crippen LogP contribution in [0.15, 0.2) is 12.1 Å². The first-order valence-corrected chi connectivity index (χ1v) is 6.15. The van der Waals surface area contributed by atoms with Crippen LogP contribution in [-0.4, -0.2) is 24.5 Å². The smallest absolute Gasteiger partial charge is 0.262 e. The number of rotatable bonds is 3. The van der Waals surface area contributed by atoms with Crippen molar-refractivity contribution in [2.24, 2.45) is 5.73 Å². The van der Waals surface area contributed by atoms with Gasteiger partial charge in [0, 0.05) is 12.5 Å². The number of hydrogen-bond donors (Lipinski definition) is 3. The Kier molecular flexibility index (Phi) is 4.13. The van der Waals surface area contributed by atoms with E-state index in [2.05, 4.69) is 16.6 Å². The zero-order valence-electron chi connectivity index (χ0n) is 10.4. The number of benzene rings is 1. The Bertz CT molecular complexity index is 610. The van der Waals surface area contributed by atoms with Crippen LogP contribution in [0.1, 0.15) is 6.42 Å². The normalized spacial score (nSPS) is 14.3. The monoisotopic (exact) mass is 293 g/mol.